The molecule has 0 saturated carbocycles. The minimum atomic E-state index is 0.559. The van der Waals surface area contributed by atoms with E-state index in [0.717, 1.165) is 34.9 Å². The Balaban J connectivity index is 1.83. The maximum absolute atomic E-state index is 5.30. The Labute approximate surface area is 142 Å². The minimum absolute atomic E-state index is 0.559. The molecule has 0 unspecified atom stereocenters. The highest BCUT2D eigenvalue weighted by Crippen LogP contribution is 2.27. The quantitative estimate of drug-likeness (QED) is 0.794. The largest absolute Gasteiger partial charge is 0.493 e. The van der Waals surface area contributed by atoms with Gasteiger partial charge in [0.25, 0.3) is 0 Å². The number of nitrogens with one attached hydrogen (secondary N) is 2. The average Bonchev–Trinajstić information content (AvgIpc) is 2.54. The van der Waals surface area contributed by atoms with Crippen molar-refractivity contribution in [3.05, 3.63) is 47.7 Å². The van der Waals surface area contributed by atoms with Gasteiger partial charge >= 0.3 is 0 Å². The number of nitrogens with zero attached hydrogens (tertiary/aromatic N) is 1. The number of aromatic nitrogens is 1. The fourth-order valence-electron chi connectivity index (χ4n) is 2.12. The van der Waals surface area contributed by atoms with Crippen LogP contribution in [0.15, 0.2) is 36.5 Å². The molecule has 1 heterocycles. The zero-order valence-electron chi connectivity index (χ0n) is 13.6. The van der Waals surface area contributed by atoms with Gasteiger partial charge in [0.1, 0.15) is 5.82 Å². The van der Waals surface area contributed by atoms with Gasteiger partial charge in [-0.1, -0.05) is 6.07 Å². The molecule has 0 aliphatic rings. The number of aryl methyl sites for hydroxylation is 1. The molecule has 122 valence electrons. The van der Waals surface area contributed by atoms with Gasteiger partial charge in [-0.05, 0) is 61.0 Å². The van der Waals surface area contributed by atoms with Crippen molar-refractivity contribution in [1.82, 2.24) is 10.3 Å². The number of hydrogen-bond acceptors (Lipinski definition) is 4. The second-order valence-corrected chi connectivity index (χ2v) is 5.45. The van der Waals surface area contributed by atoms with E-state index in [1.54, 1.807) is 20.4 Å². The second kappa shape index (κ2) is 8.33. The third-order valence-corrected chi connectivity index (χ3v) is 3.55. The first-order chi connectivity index (χ1) is 11.1. The zero-order chi connectivity index (χ0) is 16.7. The Bertz CT molecular complexity index is 677. The molecule has 0 amide bonds. The van der Waals surface area contributed by atoms with Crippen LogP contribution >= 0.6 is 12.2 Å². The molecule has 5 nitrogen and oxygen atoms in total. The van der Waals surface area contributed by atoms with Crippen LogP contribution in [0.25, 0.3) is 0 Å². The lowest BCUT2D eigenvalue weighted by Crippen LogP contribution is -2.30. The summed E-state index contributed by atoms with van der Waals surface area (Å²) in [5.74, 6) is 2.20. The van der Waals surface area contributed by atoms with Gasteiger partial charge in [0.2, 0.25) is 0 Å². The Kier molecular flexibility index (Phi) is 6.17. The van der Waals surface area contributed by atoms with Crippen LogP contribution in [0.5, 0.6) is 11.5 Å². The van der Waals surface area contributed by atoms with E-state index in [4.69, 9.17) is 21.7 Å². The number of ether oxygens (including phenoxy) is 2. The first kappa shape index (κ1) is 17.0. The third-order valence-electron chi connectivity index (χ3n) is 3.30. The molecular formula is C17H21N3O2S. The van der Waals surface area contributed by atoms with Crippen molar-refractivity contribution >= 4 is 23.1 Å². The Hall–Kier alpha value is -2.34. The topological polar surface area (TPSA) is 55.4 Å². The fraction of sp³-hybridized carbons (Fsp3) is 0.294. The van der Waals surface area contributed by atoms with Crippen molar-refractivity contribution in [2.75, 3.05) is 26.1 Å². The lowest BCUT2D eigenvalue weighted by Gasteiger charge is -2.12. The molecule has 0 saturated heterocycles. The molecule has 0 atom stereocenters. The predicted octanol–water partition coefficient (Wildman–Crippen LogP) is 2.94. The van der Waals surface area contributed by atoms with Crippen LogP contribution in [-0.4, -0.2) is 30.9 Å². The number of anilines is 1. The van der Waals surface area contributed by atoms with E-state index in [1.165, 1.54) is 0 Å². The SMILES string of the molecule is COc1ccc(CCNC(=S)Nc2cc(C)ccn2)cc1OC. The van der Waals surface area contributed by atoms with E-state index in [2.05, 4.69) is 15.6 Å². The molecule has 6 heteroatoms. The van der Waals surface area contributed by atoms with Crippen LogP contribution < -0.4 is 20.1 Å². The maximum atomic E-state index is 5.30. The highest BCUT2D eigenvalue weighted by molar-refractivity contribution is 7.80. The van der Waals surface area contributed by atoms with E-state index in [1.807, 2.05) is 37.3 Å². The summed E-state index contributed by atoms with van der Waals surface area (Å²) in [7, 11) is 3.26. The molecule has 1 aromatic carbocycles. The van der Waals surface area contributed by atoms with Gasteiger partial charge in [0.15, 0.2) is 16.6 Å². The number of rotatable bonds is 6. The lowest BCUT2D eigenvalue weighted by atomic mass is 10.1. The Morgan fingerprint density at radius 2 is 1.91 bits per heavy atom. The summed E-state index contributed by atoms with van der Waals surface area (Å²) in [4.78, 5) is 4.22. The summed E-state index contributed by atoms with van der Waals surface area (Å²) in [6.45, 7) is 2.73. The fourth-order valence-corrected chi connectivity index (χ4v) is 2.33. The molecule has 1 aromatic heterocycles. The third kappa shape index (κ3) is 5.10. The molecule has 0 spiro atoms. The molecular weight excluding hydrogens is 310 g/mol. The van der Waals surface area contributed by atoms with E-state index >= 15 is 0 Å². The van der Waals surface area contributed by atoms with Crippen LogP contribution in [0, 0.1) is 6.92 Å². The highest BCUT2D eigenvalue weighted by atomic mass is 32.1. The van der Waals surface area contributed by atoms with Gasteiger partial charge < -0.3 is 20.1 Å². The summed E-state index contributed by atoms with van der Waals surface area (Å²) in [5.41, 5.74) is 2.28. The zero-order valence-corrected chi connectivity index (χ0v) is 14.4. The van der Waals surface area contributed by atoms with Crippen LogP contribution in [0.2, 0.25) is 0 Å². The van der Waals surface area contributed by atoms with Crippen LogP contribution in [-0.2, 0) is 6.42 Å². The van der Waals surface area contributed by atoms with Crippen molar-refractivity contribution in [3.8, 4) is 11.5 Å². The number of thiocarbonyl (C=S) groups is 1. The Morgan fingerprint density at radius 3 is 2.61 bits per heavy atom. The summed E-state index contributed by atoms with van der Waals surface area (Å²) >= 11 is 5.28. The van der Waals surface area contributed by atoms with Gasteiger partial charge in [-0.3, -0.25) is 0 Å². The van der Waals surface area contributed by atoms with Crippen molar-refractivity contribution in [3.63, 3.8) is 0 Å². The number of hydrogen-bond donors (Lipinski definition) is 2. The van der Waals surface area contributed by atoms with Gasteiger partial charge in [0, 0.05) is 12.7 Å². The predicted molar refractivity (Wildman–Crippen MR) is 96.4 cm³/mol. The smallest absolute Gasteiger partial charge is 0.171 e. The first-order valence-corrected chi connectivity index (χ1v) is 7.71. The number of methoxy groups -OCH3 is 2. The van der Waals surface area contributed by atoms with Gasteiger partial charge in [0.05, 0.1) is 14.2 Å². The van der Waals surface area contributed by atoms with Gasteiger partial charge in [-0.15, -0.1) is 0 Å². The van der Waals surface area contributed by atoms with Gasteiger partial charge in [-0.25, -0.2) is 4.98 Å². The monoisotopic (exact) mass is 331 g/mol. The average molecular weight is 331 g/mol. The van der Waals surface area contributed by atoms with Crippen molar-refractivity contribution < 1.29 is 9.47 Å². The van der Waals surface area contributed by atoms with E-state index in [9.17, 15) is 0 Å². The molecule has 0 fully saturated rings. The van der Waals surface area contributed by atoms with Gasteiger partial charge in [-0.2, -0.15) is 0 Å². The van der Waals surface area contributed by atoms with Crippen molar-refractivity contribution in [1.29, 1.82) is 0 Å². The molecule has 2 rings (SSSR count). The summed E-state index contributed by atoms with van der Waals surface area (Å²) in [6.07, 6.45) is 2.58. The molecule has 0 bridgehead atoms. The molecule has 0 radical (unpaired) electrons. The molecule has 2 aromatic rings. The van der Waals surface area contributed by atoms with Crippen LogP contribution in [0.3, 0.4) is 0 Å². The minimum Gasteiger partial charge on any atom is -0.493 e. The first-order valence-electron chi connectivity index (χ1n) is 7.31. The van der Waals surface area contributed by atoms with Crippen molar-refractivity contribution in [2.24, 2.45) is 0 Å². The summed E-state index contributed by atoms with van der Waals surface area (Å²) < 4.78 is 10.5. The van der Waals surface area contributed by atoms with E-state index in [-0.39, 0.29) is 0 Å². The molecule has 0 aliphatic heterocycles. The Morgan fingerprint density at radius 1 is 1.13 bits per heavy atom. The van der Waals surface area contributed by atoms with E-state index in [0.29, 0.717) is 11.7 Å². The normalized spacial score (nSPS) is 10.0. The lowest BCUT2D eigenvalue weighted by molar-refractivity contribution is 0.354. The number of benzene rings is 1. The van der Waals surface area contributed by atoms with Crippen LogP contribution in [0.4, 0.5) is 5.82 Å². The van der Waals surface area contributed by atoms with E-state index < -0.39 is 0 Å². The maximum Gasteiger partial charge on any atom is 0.171 e. The van der Waals surface area contributed by atoms with Crippen molar-refractivity contribution in [2.45, 2.75) is 13.3 Å². The number of pyridine rings is 1. The highest BCUT2D eigenvalue weighted by Gasteiger charge is 2.05. The summed E-state index contributed by atoms with van der Waals surface area (Å²) in [5, 5.41) is 6.81. The summed E-state index contributed by atoms with van der Waals surface area (Å²) in [6, 6.07) is 9.78. The molecule has 0 aliphatic carbocycles. The van der Waals surface area contributed by atoms with Crippen LogP contribution in [0.1, 0.15) is 11.1 Å². The second-order valence-electron chi connectivity index (χ2n) is 5.04. The molecule has 2 N–H and O–H groups in total. The standard InChI is InChI=1S/C17H21N3O2S/c1-12-6-8-18-16(10-12)20-17(23)19-9-7-13-4-5-14(21-2)15(11-13)22-3/h4-6,8,10-11H,7,9H2,1-3H3,(H2,18,19,20,23). The molecule has 23 heavy (non-hydrogen) atoms.